The highest BCUT2D eigenvalue weighted by Gasteiger charge is 2.17. The third-order valence-electron chi connectivity index (χ3n) is 5.21. The molecular weight excluding hydrogens is 448 g/mol. The first-order chi connectivity index (χ1) is 16.6. The van der Waals surface area contributed by atoms with E-state index in [-0.39, 0.29) is 0 Å². The number of hydrogen-bond donors (Lipinski definition) is 0. The van der Waals surface area contributed by atoms with E-state index >= 15 is 0 Å². The van der Waals surface area contributed by atoms with E-state index in [4.69, 9.17) is 24.3 Å². The number of nitrogens with zero attached hydrogens (tertiary/aromatic N) is 4. The fourth-order valence-electron chi connectivity index (χ4n) is 3.46. The van der Waals surface area contributed by atoms with Crippen molar-refractivity contribution in [2.45, 2.75) is 13.5 Å². The van der Waals surface area contributed by atoms with Gasteiger partial charge in [-0.2, -0.15) is 5.10 Å². The van der Waals surface area contributed by atoms with Gasteiger partial charge in [0.1, 0.15) is 0 Å². The lowest BCUT2D eigenvalue weighted by molar-refractivity contribution is 0.324. The fourth-order valence-corrected chi connectivity index (χ4v) is 4.29. The van der Waals surface area contributed by atoms with Crippen LogP contribution in [0.15, 0.2) is 82.5 Å². The van der Waals surface area contributed by atoms with Crippen LogP contribution in [0.25, 0.3) is 11.3 Å². The summed E-state index contributed by atoms with van der Waals surface area (Å²) in [6.07, 6.45) is 3.54. The maximum Gasteiger partial charge on any atom is 0.206 e. The normalized spacial score (nSPS) is 12.0. The van der Waals surface area contributed by atoms with Gasteiger partial charge in [0.25, 0.3) is 0 Å². The molecule has 0 saturated carbocycles. The number of ether oxygens (including phenoxy) is 3. The first-order valence-corrected chi connectivity index (χ1v) is 11.5. The van der Waals surface area contributed by atoms with Gasteiger partial charge in [-0.1, -0.05) is 36.4 Å². The number of benzene rings is 2. The molecule has 7 nitrogen and oxygen atoms in total. The molecule has 0 aliphatic heterocycles. The molecule has 0 aliphatic rings. The van der Waals surface area contributed by atoms with Crippen LogP contribution in [0.3, 0.4) is 0 Å². The summed E-state index contributed by atoms with van der Waals surface area (Å²) in [5, 5.41) is 6.96. The van der Waals surface area contributed by atoms with E-state index in [0.717, 1.165) is 32.9 Å². The first kappa shape index (κ1) is 23.3. The second kappa shape index (κ2) is 10.8. The minimum atomic E-state index is 0.541. The van der Waals surface area contributed by atoms with Crippen molar-refractivity contribution in [1.82, 2.24) is 9.66 Å². The molecule has 0 atom stereocenters. The van der Waals surface area contributed by atoms with Gasteiger partial charge in [0, 0.05) is 28.9 Å². The average molecular weight is 475 g/mol. The zero-order valence-corrected chi connectivity index (χ0v) is 20.4. The molecule has 174 valence electrons. The van der Waals surface area contributed by atoms with Crippen molar-refractivity contribution in [3.63, 3.8) is 0 Å². The van der Waals surface area contributed by atoms with Crippen LogP contribution in [-0.4, -0.2) is 36.7 Å². The third-order valence-corrected chi connectivity index (χ3v) is 6.07. The Balaban J connectivity index is 1.88. The quantitative estimate of drug-likeness (QED) is 0.337. The predicted molar refractivity (Wildman–Crippen MR) is 135 cm³/mol. The van der Waals surface area contributed by atoms with Crippen molar-refractivity contribution < 1.29 is 14.2 Å². The molecule has 0 aliphatic carbocycles. The van der Waals surface area contributed by atoms with Crippen molar-refractivity contribution in [1.29, 1.82) is 0 Å². The highest BCUT2D eigenvalue weighted by Crippen LogP contribution is 2.41. The second-order valence-corrected chi connectivity index (χ2v) is 8.19. The highest BCUT2D eigenvalue weighted by atomic mass is 32.1. The number of aromatic nitrogens is 2. The van der Waals surface area contributed by atoms with Gasteiger partial charge in [0.15, 0.2) is 11.5 Å². The lowest BCUT2D eigenvalue weighted by Crippen LogP contribution is -2.14. The van der Waals surface area contributed by atoms with Crippen LogP contribution < -0.4 is 19.0 Å². The van der Waals surface area contributed by atoms with Gasteiger partial charge < -0.3 is 14.2 Å². The van der Waals surface area contributed by atoms with Crippen molar-refractivity contribution in [2.24, 2.45) is 10.1 Å². The molecule has 0 N–H and O–H groups in total. The summed E-state index contributed by atoms with van der Waals surface area (Å²) in [5.74, 6) is 1.69. The minimum Gasteiger partial charge on any atom is -0.493 e. The van der Waals surface area contributed by atoms with Gasteiger partial charge in [-0.05, 0) is 30.7 Å². The fraction of sp³-hybridized carbons (Fsp3) is 0.192. The largest absolute Gasteiger partial charge is 0.493 e. The molecule has 2 aromatic heterocycles. The van der Waals surface area contributed by atoms with Crippen LogP contribution in [0, 0.1) is 0 Å². The lowest BCUT2D eigenvalue weighted by atomic mass is 10.1. The Morgan fingerprint density at radius 3 is 2.32 bits per heavy atom. The molecule has 2 heterocycles. The number of thiazole rings is 1. The number of methoxy groups -OCH3 is 3. The maximum atomic E-state index is 5.56. The zero-order valence-electron chi connectivity index (χ0n) is 19.6. The SMILES string of the molecule is COc1cc(-c2csc(=NCc3ccccc3)n2N=C(C)c2cccnc2)cc(OC)c1OC. The number of pyridine rings is 1. The monoisotopic (exact) mass is 474 g/mol. The van der Waals surface area contributed by atoms with Crippen LogP contribution in [0.5, 0.6) is 17.2 Å². The van der Waals surface area contributed by atoms with Crippen molar-refractivity contribution in [3.05, 3.63) is 88.3 Å². The first-order valence-electron chi connectivity index (χ1n) is 10.7. The molecule has 0 amide bonds. The molecule has 4 rings (SSSR count). The highest BCUT2D eigenvalue weighted by molar-refractivity contribution is 7.07. The van der Waals surface area contributed by atoms with Crippen LogP contribution in [0.2, 0.25) is 0 Å². The smallest absolute Gasteiger partial charge is 0.206 e. The van der Waals surface area contributed by atoms with Crippen LogP contribution in [-0.2, 0) is 6.54 Å². The van der Waals surface area contributed by atoms with Gasteiger partial charge in [-0.25, -0.2) is 4.68 Å². The zero-order chi connectivity index (χ0) is 23.9. The van der Waals surface area contributed by atoms with Gasteiger partial charge in [0.2, 0.25) is 10.6 Å². The van der Waals surface area contributed by atoms with Crippen molar-refractivity contribution in [2.75, 3.05) is 21.3 Å². The van der Waals surface area contributed by atoms with E-state index in [9.17, 15) is 0 Å². The number of hydrogen-bond acceptors (Lipinski definition) is 7. The van der Waals surface area contributed by atoms with Crippen LogP contribution in [0.4, 0.5) is 0 Å². The Morgan fingerprint density at radius 2 is 1.71 bits per heavy atom. The van der Waals surface area contributed by atoms with Gasteiger partial charge in [-0.3, -0.25) is 9.98 Å². The van der Waals surface area contributed by atoms with Crippen molar-refractivity contribution in [3.8, 4) is 28.5 Å². The number of rotatable bonds is 8. The van der Waals surface area contributed by atoms with Gasteiger partial charge in [-0.15, -0.1) is 11.3 Å². The molecular formula is C26H26N4O3S. The summed E-state index contributed by atoms with van der Waals surface area (Å²) >= 11 is 1.53. The Kier molecular flexibility index (Phi) is 7.39. The molecule has 0 unspecified atom stereocenters. The van der Waals surface area contributed by atoms with E-state index in [1.807, 2.05) is 59.4 Å². The topological polar surface area (TPSA) is 70.2 Å². The lowest BCUT2D eigenvalue weighted by Gasteiger charge is -2.14. The standard InChI is InChI=1S/C26H26N4O3S/c1-18(20-11-8-12-27-16-20)29-30-22(17-34-26(30)28-15-19-9-6-5-7-10-19)21-13-23(31-2)25(33-4)24(14-21)32-3/h5-14,16-17H,15H2,1-4H3. The molecule has 0 saturated heterocycles. The van der Waals surface area contributed by atoms with E-state index in [1.54, 1.807) is 33.7 Å². The Hall–Kier alpha value is -3.91. The molecule has 34 heavy (non-hydrogen) atoms. The molecule has 0 bridgehead atoms. The Morgan fingerprint density at radius 1 is 0.971 bits per heavy atom. The molecule has 0 spiro atoms. The molecule has 0 fully saturated rings. The Bertz CT molecular complexity index is 1320. The van der Waals surface area contributed by atoms with Crippen molar-refractivity contribution >= 4 is 17.0 Å². The average Bonchev–Trinajstić information content (AvgIpc) is 3.29. The molecule has 2 aromatic carbocycles. The van der Waals surface area contributed by atoms with E-state index in [0.29, 0.717) is 23.8 Å². The van der Waals surface area contributed by atoms with Crippen LogP contribution >= 0.6 is 11.3 Å². The van der Waals surface area contributed by atoms with E-state index in [2.05, 4.69) is 17.1 Å². The summed E-state index contributed by atoms with van der Waals surface area (Å²) in [5.41, 5.74) is 4.62. The van der Waals surface area contributed by atoms with E-state index < -0.39 is 0 Å². The summed E-state index contributed by atoms with van der Waals surface area (Å²) in [4.78, 5) is 9.85. The third kappa shape index (κ3) is 5.02. The van der Waals surface area contributed by atoms with Crippen LogP contribution in [0.1, 0.15) is 18.1 Å². The molecule has 4 aromatic rings. The second-order valence-electron chi connectivity index (χ2n) is 7.36. The van der Waals surface area contributed by atoms with E-state index in [1.165, 1.54) is 11.3 Å². The Labute approximate surface area is 202 Å². The summed E-state index contributed by atoms with van der Waals surface area (Å²) in [6.45, 7) is 2.51. The summed E-state index contributed by atoms with van der Waals surface area (Å²) < 4.78 is 18.5. The van der Waals surface area contributed by atoms with Gasteiger partial charge >= 0.3 is 0 Å². The summed E-state index contributed by atoms with van der Waals surface area (Å²) in [7, 11) is 4.80. The van der Waals surface area contributed by atoms with Gasteiger partial charge in [0.05, 0.1) is 39.3 Å². The summed E-state index contributed by atoms with van der Waals surface area (Å²) in [6, 6.07) is 17.9. The maximum absolute atomic E-state index is 5.56. The predicted octanol–water partition coefficient (Wildman–Crippen LogP) is 5.01. The molecule has 0 radical (unpaired) electrons. The minimum absolute atomic E-state index is 0.541. The molecule has 8 heteroatoms.